The van der Waals surface area contributed by atoms with E-state index in [2.05, 4.69) is 52.1 Å². The number of aromatic nitrogens is 2. The molecule has 0 bridgehead atoms. The molecule has 3 rings (SSSR count). The largest absolute Gasteiger partial charge is 0.348 e. The van der Waals surface area contributed by atoms with E-state index >= 15 is 0 Å². The molecule has 1 aliphatic heterocycles. The van der Waals surface area contributed by atoms with E-state index in [0.717, 1.165) is 25.9 Å². The highest BCUT2D eigenvalue weighted by atomic mass is 15.2. The first-order valence-electron chi connectivity index (χ1n) is 7.68. The quantitative estimate of drug-likeness (QED) is 0.902. The van der Waals surface area contributed by atoms with Crippen LogP contribution in [0.3, 0.4) is 0 Å². The molecule has 2 aromatic rings. The van der Waals surface area contributed by atoms with Crippen LogP contribution >= 0.6 is 0 Å². The van der Waals surface area contributed by atoms with Crippen LogP contribution in [0.5, 0.6) is 0 Å². The summed E-state index contributed by atoms with van der Waals surface area (Å²) in [7, 11) is 0. The molecule has 1 atom stereocenters. The SMILES string of the molecule is CCC[C@H]1c2nc[nH]c2CCN1CCc1ccccc1. The number of aromatic amines is 1. The van der Waals surface area contributed by atoms with Crippen LogP contribution in [0.4, 0.5) is 0 Å². The molecule has 3 nitrogen and oxygen atoms in total. The van der Waals surface area contributed by atoms with Crippen molar-refractivity contribution in [1.82, 2.24) is 14.9 Å². The summed E-state index contributed by atoms with van der Waals surface area (Å²) in [6.45, 7) is 4.53. The van der Waals surface area contributed by atoms with Gasteiger partial charge in [0.1, 0.15) is 0 Å². The summed E-state index contributed by atoms with van der Waals surface area (Å²) in [5.74, 6) is 0. The third kappa shape index (κ3) is 2.78. The molecule has 20 heavy (non-hydrogen) atoms. The molecule has 1 aliphatic rings. The number of hydrogen-bond acceptors (Lipinski definition) is 2. The van der Waals surface area contributed by atoms with Crippen molar-refractivity contribution in [3.63, 3.8) is 0 Å². The molecule has 0 radical (unpaired) electrons. The van der Waals surface area contributed by atoms with Crippen LogP contribution in [-0.2, 0) is 12.8 Å². The maximum absolute atomic E-state index is 4.56. The van der Waals surface area contributed by atoms with Crippen LogP contribution in [0.2, 0.25) is 0 Å². The zero-order valence-corrected chi connectivity index (χ0v) is 12.2. The minimum atomic E-state index is 0.499. The van der Waals surface area contributed by atoms with Gasteiger partial charge in [0.05, 0.1) is 18.1 Å². The second-order valence-electron chi connectivity index (χ2n) is 5.59. The molecule has 0 spiro atoms. The van der Waals surface area contributed by atoms with E-state index in [4.69, 9.17) is 0 Å². The van der Waals surface area contributed by atoms with Gasteiger partial charge in [0, 0.05) is 25.2 Å². The monoisotopic (exact) mass is 269 g/mol. The number of fused-ring (bicyclic) bond motifs is 1. The number of benzene rings is 1. The van der Waals surface area contributed by atoms with E-state index in [-0.39, 0.29) is 0 Å². The number of nitrogens with zero attached hydrogens (tertiary/aromatic N) is 2. The zero-order valence-electron chi connectivity index (χ0n) is 12.2. The predicted octanol–water partition coefficient (Wildman–Crippen LogP) is 3.35. The van der Waals surface area contributed by atoms with Crippen molar-refractivity contribution < 1.29 is 0 Å². The van der Waals surface area contributed by atoms with Gasteiger partial charge in [0.2, 0.25) is 0 Å². The Bertz CT molecular complexity index is 532. The lowest BCUT2D eigenvalue weighted by Gasteiger charge is -2.34. The van der Waals surface area contributed by atoms with Gasteiger partial charge in [-0.25, -0.2) is 4.98 Å². The van der Waals surface area contributed by atoms with Crippen LogP contribution < -0.4 is 0 Å². The van der Waals surface area contributed by atoms with Gasteiger partial charge < -0.3 is 4.98 Å². The van der Waals surface area contributed by atoms with Crippen molar-refractivity contribution in [2.45, 2.75) is 38.6 Å². The summed E-state index contributed by atoms with van der Waals surface area (Å²) in [6.07, 6.45) is 6.49. The standard InChI is InChI=1S/C17H23N3/c1-2-6-16-17-15(18-13-19-17)10-12-20(16)11-9-14-7-4-3-5-8-14/h3-5,7-8,13,16H,2,6,9-12H2,1H3,(H,18,19)/t16-/m0/s1. The normalized spacial score (nSPS) is 18.9. The average Bonchev–Trinajstić information content (AvgIpc) is 2.96. The van der Waals surface area contributed by atoms with Crippen LogP contribution in [0.25, 0.3) is 0 Å². The van der Waals surface area contributed by atoms with Gasteiger partial charge in [0.25, 0.3) is 0 Å². The molecule has 0 fully saturated rings. The van der Waals surface area contributed by atoms with Gasteiger partial charge in [-0.1, -0.05) is 43.7 Å². The second kappa shape index (κ2) is 6.23. The minimum absolute atomic E-state index is 0.499. The second-order valence-corrected chi connectivity index (χ2v) is 5.59. The Morgan fingerprint density at radius 3 is 2.95 bits per heavy atom. The maximum Gasteiger partial charge on any atom is 0.0925 e. The average molecular weight is 269 g/mol. The van der Waals surface area contributed by atoms with Crippen LogP contribution in [0, 0.1) is 0 Å². The molecular formula is C17H23N3. The molecule has 0 saturated carbocycles. The molecule has 0 amide bonds. The Morgan fingerprint density at radius 1 is 1.30 bits per heavy atom. The molecule has 1 aromatic carbocycles. The topological polar surface area (TPSA) is 31.9 Å². The summed E-state index contributed by atoms with van der Waals surface area (Å²) in [5.41, 5.74) is 4.06. The Balaban J connectivity index is 1.69. The number of H-pyrrole nitrogens is 1. The highest BCUT2D eigenvalue weighted by Gasteiger charge is 2.28. The number of nitrogens with one attached hydrogen (secondary N) is 1. The molecule has 2 heterocycles. The fraction of sp³-hybridized carbons (Fsp3) is 0.471. The first kappa shape index (κ1) is 13.4. The van der Waals surface area contributed by atoms with Crippen molar-refractivity contribution in [3.8, 4) is 0 Å². The van der Waals surface area contributed by atoms with E-state index < -0.39 is 0 Å². The van der Waals surface area contributed by atoms with E-state index in [9.17, 15) is 0 Å². The Morgan fingerprint density at radius 2 is 2.15 bits per heavy atom. The van der Waals surface area contributed by atoms with E-state index in [0.29, 0.717) is 6.04 Å². The smallest absolute Gasteiger partial charge is 0.0925 e. The number of rotatable bonds is 5. The van der Waals surface area contributed by atoms with Crippen molar-refractivity contribution in [2.24, 2.45) is 0 Å². The van der Waals surface area contributed by atoms with Crippen LogP contribution in [0.1, 0.15) is 42.8 Å². The summed E-state index contributed by atoms with van der Waals surface area (Å²) in [5, 5.41) is 0. The van der Waals surface area contributed by atoms with Gasteiger partial charge in [-0.05, 0) is 18.4 Å². The van der Waals surface area contributed by atoms with E-state index in [1.165, 1.54) is 29.8 Å². The lowest BCUT2D eigenvalue weighted by molar-refractivity contribution is 0.172. The Kier molecular flexibility index (Phi) is 4.16. The molecular weight excluding hydrogens is 246 g/mol. The third-order valence-corrected chi connectivity index (χ3v) is 4.25. The summed E-state index contributed by atoms with van der Waals surface area (Å²) >= 11 is 0. The molecule has 106 valence electrons. The Hall–Kier alpha value is -1.61. The zero-order chi connectivity index (χ0) is 13.8. The number of imidazole rings is 1. The van der Waals surface area contributed by atoms with Gasteiger partial charge in [-0.2, -0.15) is 0 Å². The molecule has 3 heteroatoms. The van der Waals surface area contributed by atoms with Crippen LogP contribution in [0.15, 0.2) is 36.7 Å². The third-order valence-electron chi connectivity index (χ3n) is 4.25. The van der Waals surface area contributed by atoms with Gasteiger partial charge >= 0.3 is 0 Å². The van der Waals surface area contributed by atoms with Crippen molar-refractivity contribution in [1.29, 1.82) is 0 Å². The van der Waals surface area contributed by atoms with Gasteiger partial charge in [-0.3, -0.25) is 4.90 Å². The first-order valence-corrected chi connectivity index (χ1v) is 7.68. The van der Waals surface area contributed by atoms with Gasteiger partial charge in [0.15, 0.2) is 0 Å². The highest BCUT2D eigenvalue weighted by molar-refractivity contribution is 5.20. The van der Waals surface area contributed by atoms with Crippen molar-refractivity contribution in [3.05, 3.63) is 53.6 Å². The summed E-state index contributed by atoms with van der Waals surface area (Å²) in [6, 6.07) is 11.3. The molecule has 1 aromatic heterocycles. The minimum Gasteiger partial charge on any atom is -0.348 e. The van der Waals surface area contributed by atoms with Crippen molar-refractivity contribution >= 4 is 0 Å². The fourth-order valence-corrected chi connectivity index (χ4v) is 3.18. The van der Waals surface area contributed by atoms with E-state index in [1.807, 2.05) is 6.33 Å². The molecule has 0 unspecified atom stereocenters. The molecule has 0 aliphatic carbocycles. The highest BCUT2D eigenvalue weighted by Crippen LogP contribution is 2.30. The van der Waals surface area contributed by atoms with Crippen LogP contribution in [-0.4, -0.2) is 28.0 Å². The predicted molar refractivity (Wildman–Crippen MR) is 81.7 cm³/mol. The lowest BCUT2D eigenvalue weighted by Crippen LogP contribution is -2.37. The lowest BCUT2D eigenvalue weighted by atomic mass is 9.98. The molecule has 0 saturated heterocycles. The van der Waals surface area contributed by atoms with Gasteiger partial charge in [-0.15, -0.1) is 0 Å². The first-order chi connectivity index (χ1) is 9.88. The fourth-order valence-electron chi connectivity index (χ4n) is 3.18. The van der Waals surface area contributed by atoms with E-state index in [1.54, 1.807) is 0 Å². The van der Waals surface area contributed by atoms with Crippen molar-refractivity contribution in [2.75, 3.05) is 13.1 Å². The number of hydrogen-bond donors (Lipinski definition) is 1. The maximum atomic E-state index is 4.56. The summed E-state index contributed by atoms with van der Waals surface area (Å²) in [4.78, 5) is 10.5. The Labute approximate surface area is 121 Å². The molecule has 1 N–H and O–H groups in total. The summed E-state index contributed by atoms with van der Waals surface area (Å²) < 4.78 is 0.